The third-order valence-electron chi connectivity index (χ3n) is 3.27. The van der Waals surface area contributed by atoms with Gasteiger partial charge in [0.2, 0.25) is 0 Å². The van der Waals surface area contributed by atoms with Gasteiger partial charge in [-0.1, -0.05) is 0 Å². The van der Waals surface area contributed by atoms with Gasteiger partial charge in [0, 0.05) is 30.5 Å². The van der Waals surface area contributed by atoms with Crippen molar-refractivity contribution in [2.24, 2.45) is 7.05 Å². The Balaban J connectivity index is 2.21. The Labute approximate surface area is 116 Å². The van der Waals surface area contributed by atoms with Crippen molar-refractivity contribution in [3.63, 3.8) is 0 Å². The highest BCUT2D eigenvalue weighted by Gasteiger charge is 2.10. The molecule has 2 N–H and O–H groups in total. The lowest BCUT2D eigenvalue weighted by atomic mass is 10.1. The fourth-order valence-corrected chi connectivity index (χ4v) is 2.08. The number of nitrogens with zero attached hydrogens (tertiary/aromatic N) is 2. The molecule has 0 saturated carbocycles. The predicted octanol–water partition coefficient (Wildman–Crippen LogP) is 2.49. The smallest absolute Gasteiger partial charge is 0.335 e. The SMILES string of the molecule is Cc1nn(C)c(C)c1CNc1cc(F)cc(C(=O)O)c1. The number of rotatable bonds is 4. The maximum absolute atomic E-state index is 13.4. The number of hydrogen-bond donors (Lipinski definition) is 2. The van der Waals surface area contributed by atoms with Crippen molar-refractivity contribution in [3.05, 3.63) is 46.5 Å². The summed E-state index contributed by atoms with van der Waals surface area (Å²) in [6.45, 7) is 4.32. The van der Waals surface area contributed by atoms with Crippen LogP contribution in [0.4, 0.5) is 10.1 Å². The van der Waals surface area contributed by atoms with E-state index in [4.69, 9.17) is 5.11 Å². The lowest BCUT2D eigenvalue weighted by molar-refractivity contribution is 0.0696. The first-order valence-electron chi connectivity index (χ1n) is 6.15. The third kappa shape index (κ3) is 2.79. The summed E-state index contributed by atoms with van der Waals surface area (Å²) in [5.41, 5.74) is 3.29. The van der Waals surface area contributed by atoms with E-state index in [0.29, 0.717) is 12.2 Å². The van der Waals surface area contributed by atoms with Crippen molar-refractivity contribution in [3.8, 4) is 0 Å². The highest BCUT2D eigenvalue weighted by molar-refractivity contribution is 5.88. The highest BCUT2D eigenvalue weighted by atomic mass is 19.1. The van der Waals surface area contributed by atoms with Gasteiger partial charge in [0.15, 0.2) is 0 Å². The number of aromatic nitrogens is 2. The van der Waals surface area contributed by atoms with Gasteiger partial charge in [-0.15, -0.1) is 0 Å². The maximum atomic E-state index is 13.4. The molecular formula is C14H16FN3O2. The highest BCUT2D eigenvalue weighted by Crippen LogP contribution is 2.18. The standard InChI is InChI=1S/C14H16FN3O2/c1-8-13(9(2)18(3)17-8)7-16-12-5-10(14(19)20)4-11(15)6-12/h4-6,16H,7H2,1-3H3,(H,19,20). The van der Waals surface area contributed by atoms with Crippen LogP contribution >= 0.6 is 0 Å². The van der Waals surface area contributed by atoms with Gasteiger partial charge in [0.05, 0.1) is 11.3 Å². The number of carboxylic acid groups (broad SMARTS) is 1. The summed E-state index contributed by atoms with van der Waals surface area (Å²) < 4.78 is 15.1. The first-order valence-corrected chi connectivity index (χ1v) is 6.15. The fourth-order valence-electron chi connectivity index (χ4n) is 2.08. The van der Waals surface area contributed by atoms with E-state index >= 15 is 0 Å². The van der Waals surface area contributed by atoms with Crippen LogP contribution in [0.3, 0.4) is 0 Å². The van der Waals surface area contributed by atoms with Crippen LogP contribution in [-0.4, -0.2) is 20.9 Å². The monoisotopic (exact) mass is 277 g/mol. The van der Waals surface area contributed by atoms with Crippen LogP contribution in [0.15, 0.2) is 18.2 Å². The van der Waals surface area contributed by atoms with Gasteiger partial charge in [0.25, 0.3) is 0 Å². The normalized spacial score (nSPS) is 10.6. The topological polar surface area (TPSA) is 67.2 Å². The zero-order chi connectivity index (χ0) is 14.9. The average Bonchev–Trinajstić information content (AvgIpc) is 2.60. The summed E-state index contributed by atoms with van der Waals surface area (Å²) in [6, 6.07) is 3.67. The van der Waals surface area contributed by atoms with Crippen LogP contribution in [-0.2, 0) is 13.6 Å². The Bertz CT molecular complexity index is 665. The van der Waals surface area contributed by atoms with E-state index in [9.17, 15) is 9.18 Å². The molecule has 2 rings (SSSR count). The van der Waals surface area contributed by atoms with Crippen LogP contribution in [0.5, 0.6) is 0 Å². The van der Waals surface area contributed by atoms with E-state index in [0.717, 1.165) is 23.0 Å². The minimum Gasteiger partial charge on any atom is -0.478 e. The van der Waals surface area contributed by atoms with Crippen LogP contribution in [0.1, 0.15) is 27.3 Å². The van der Waals surface area contributed by atoms with E-state index in [1.165, 1.54) is 12.1 Å². The molecule has 1 aromatic heterocycles. The molecule has 20 heavy (non-hydrogen) atoms. The minimum absolute atomic E-state index is 0.0767. The first-order chi connectivity index (χ1) is 9.38. The van der Waals surface area contributed by atoms with Gasteiger partial charge in [-0.05, 0) is 32.0 Å². The molecule has 0 fully saturated rings. The molecule has 0 radical (unpaired) electrons. The molecule has 0 aliphatic rings. The quantitative estimate of drug-likeness (QED) is 0.901. The first kappa shape index (κ1) is 14.0. The maximum Gasteiger partial charge on any atom is 0.335 e. The number of benzene rings is 1. The molecule has 0 spiro atoms. The molecule has 106 valence electrons. The predicted molar refractivity (Wildman–Crippen MR) is 73.4 cm³/mol. The van der Waals surface area contributed by atoms with Gasteiger partial charge in [0.1, 0.15) is 5.82 Å². The lowest BCUT2D eigenvalue weighted by Gasteiger charge is -2.08. The van der Waals surface area contributed by atoms with Gasteiger partial charge < -0.3 is 10.4 Å². The third-order valence-corrected chi connectivity index (χ3v) is 3.27. The Hall–Kier alpha value is -2.37. The molecule has 1 heterocycles. The number of carboxylic acids is 1. The number of hydrogen-bond acceptors (Lipinski definition) is 3. The molecule has 2 aromatic rings. The molecule has 0 saturated heterocycles. The van der Waals surface area contributed by atoms with E-state index in [2.05, 4.69) is 10.4 Å². The number of aryl methyl sites for hydroxylation is 2. The van der Waals surface area contributed by atoms with Crippen molar-refractivity contribution in [2.45, 2.75) is 20.4 Å². The van der Waals surface area contributed by atoms with Gasteiger partial charge in [-0.3, -0.25) is 4.68 Å². The molecule has 1 aromatic carbocycles. The minimum atomic E-state index is -1.15. The van der Waals surface area contributed by atoms with Gasteiger partial charge >= 0.3 is 5.97 Å². The van der Waals surface area contributed by atoms with Crippen molar-refractivity contribution >= 4 is 11.7 Å². The summed E-state index contributed by atoms with van der Waals surface area (Å²) in [7, 11) is 1.86. The number of nitrogens with one attached hydrogen (secondary N) is 1. The zero-order valence-electron chi connectivity index (χ0n) is 11.6. The van der Waals surface area contributed by atoms with E-state index < -0.39 is 11.8 Å². The van der Waals surface area contributed by atoms with E-state index in [1.54, 1.807) is 4.68 Å². The Morgan fingerprint density at radius 1 is 1.40 bits per heavy atom. The number of aromatic carboxylic acids is 1. The van der Waals surface area contributed by atoms with Crippen molar-refractivity contribution < 1.29 is 14.3 Å². The van der Waals surface area contributed by atoms with Gasteiger partial charge in [-0.25, -0.2) is 9.18 Å². The second kappa shape index (κ2) is 5.32. The molecule has 6 heteroatoms. The summed E-state index contributed by atoms with van der Waals surface area (Å²) in [5.74, 6) is -1.73. The molecule has 0 aliphatic carbocycles. The van der Waals surface area contributed by atoms with Crippen LogP contribution < -0.4 is 5.32 Å². The van der Waals surface area contributed by atoms with Crippen molar-refractivity contribution in [1.82, 2.24) is 9.78 Å². The molecular weight excluding hydrogens is 261 g/mol. The van der Waals surface area contributed by atoms with Crippen molar-refractivity contribution in [2.75, 3.05) is 5.32 Å². The van der Waals surface area contributed by atoms with Crippen LogP contribution in [0.25, 0.3) is 0 Å². The summed E-state index contributed by atoms with van der Waals surface area (Å²) in [4.78, 5) is 10.9. The van der Waals surface area contributed by atoms with Gasteiger partial charge in [-0.2, -0.15) is 5.10 Å². The van der Waals surface area contributed by atoms with Crippen molar-refractivity contribution in [1.29, 1.82) is 0 Å². The number of halogens is 1. The molecule has 0 unspecified atom stereocenters. The lowest BCUT2D eigenvalue weighted by Crippen LogP contribution is -2.05. The second-order valence-electron chi connectivity index (χ2n) is 4.66. The Morgan fingerprint density at radius 2 is 2.10 bits per heavy atom. The molecule has 0 aliphatic heterocycles. The Kier molecular flexibility index (Phi) is 3.74. The Morgan fingerprint density at radius 3 is 2.65 bits per heavy atom. The molecule has 0 bridgehead atoms. The van der Waals surface area contributed by atoms with E-state index in [1.807, 2.05) is 20.9 Å². The fraction of sp³-hybridized carbons (Fsp3) is 0.286. The summed E-state index contributed by atoms with van der Waals surface area (Å²) >= 11 is 0. The number of anilines is 1. The summed E-state index contributed by atoms with van der Waals surface area (Å²) in [6.07, 6.45) is 0. The van der Waals surface area contributed by atoms with Crippen LogP contribution in [0.2, 0.25) is 0 Å². The van der Waals surface area contributed by atoms with Crippen LogP contribution in [0, 0.1) is 19.7 Å². The second-order valence-corrected chi connectivity index (χ2v) is 4.66. The summed E-state index contributed by atoms with van der Waals surface area (Å²) in [5, 5.41) is 16.2. The largest absolute Gasteiger partial charge is 0.478 e. The molecule has 5 nitrogen and oxygen atoms in total. The molecule has 0 amide bonds. The number of carbonyl (C=O) groups is 1. The molecule has 0 atom stereocenters. The zero-order valence-corrected chi connectivity index (χ0v) is 11.6. The van der Waals surface area contributed by atoms with E-state index in [-0.39, 0.29) is 5.56 Å². The average molecular weight is 277 g/mol.